The first-order valence-corrected chi connectivity index (χ1v) is 7.20. The monoisotopic (exact) mass is 301 g/mol. The summed E-state index contributed by atoms with van der Waals surface area (Å²) in [5.74, 6) is -0.0383. The average Bonchev–Trinajstić information content (AvgIpc) is 2.63. The van der Waals surface area contributed by atoms with Gasteiger partial charge in [0, 0.05) is 6.07 Å². The van der Waals surface area contributed by atoms with Crippen LogP contribution in [0.3, 0.4) is 0 Å². The maximum Gasteiger partial charge on any atom is 0.265 e. The number of sulfonamides is 1. The number of hydrogen-bond donors (Lipinski definition) is 3. The summed E-state index contributed by atoms with van der Waals surface area (Å²) >= 11 is 5.87. The predicted octanol–water partition coefficient (Wildman–Crippen LogP) is 2.19. The highest BCUT2D eigenvalue weighted by Gasteiger charge is 2.23. The van der Waals surface area contributed by atoms with Crippen LogP contribution in [0.15, 0.2) is 23.1 Å². The van der Waals surface area contributed by atoms with Crippen LogP contribution < -0.4 is 4.72 Å². The van der Waals surface area contributed by atoms with Crippen LogP contribution in [-0.4, -0.2) is 23.7 Å². The van der Waals surface area contributed by atoms with Gasteiger partial charge in [-0.25, -0.2) is 8.42 Å². The Morgan fingerprint density at radius 3 is 2.58 bits per heavy atom. The van der Waals surface area contributed by atoms with E-state index < -0.39 is 10.0 Å². The normalized spacial score (nSPS) is 11.5. The molecule has 0 amide bonds. The number of phenols is 1. The van der Waals surface area contributed by atoms with Gasteiger partial charge in [0.05, 0.1) is 22.1 Å². The van der Waals surface area contributed by atoms with Gasteiger partial charge in [-0.2, -0.15) is 5.10 Å². The van der Waals surface area contributed by atoms with Crippen LogP contribution in [0.4, 0.5) is 5.69 Å². The van der Waals surface area contributed by atoms with Crippen LogP contribution in [0.1, 0.15) is 11.4 Å². The summed E-state index contributed by atoms with van der Waals surface area (Å²) < 4.78 is 26.9. The zero-order valence-electron chi connectivity index (χ0n) is 10.2. The molecule has 3 N–H and O–H groups in total. The van der Waals surface area contributed by atoms with E-state index in [0.29, 0.717) is 11.4 Å². The molecular weight excluding hydrogens is 290 g/mol. The second-order valence-corrected chi connectivity index (χ2v) is 6.06. The number of anilines is 1. The van der Waals surface area contributed by atoms with Crippen LogP contribution >= 0.6 is 11.6 Å². The van der Waals surface area contributed by atoms with E-state index in [1.165, 1.54) is 18.2 Å². The molecular formula is C11H12ClN3O3S. The summed E-state index contributed by atoms with van der Waals surface area (Å²) in [6, 6.07) is 3.99. The van der Waals surface area contributed by atoms with Crippen molar-refractivity contribution < 1.29 is 13.5 Å². The van der Waals surface area contributed by atoms with Gasteiger partial charge in [0.15, 0.2) is 0 Å². The standard InChI is InChI=1S/C11H12ClN3O3S/c1-6-11(7(2)14-13-6)19(17,18)15-10-4-3-8(16)5-9(10)12/h3-5,15-16H,1-2H3,(H,13,14). The number of aromatic amines is 1. The number of benzene rings is 1. The van der Waals surface area contributed by atoms with E-state index >= 15 is 0 Å². The summed E-state index contributed by atoms with van der Waals surface area (Å²) in [5.41, 5.74) is 1.01. The number of nitrogens with one attached hydrogen (secondary N) is 2. The first-order chi connectivity index (χ1) is 8.81. The molecule has 0 radical (unpaired) electrons. The lowest BCUT2D eigenvalue weighted by atomic mass is 10.3. The Kier molecular flexibility index (Phi) is 3.42. The highest BCUT2D eigenvalue weighted by molar-refractivity contribution is 7.92. The minimum atomic E-state index is -3.78. The molecule has 1 aromatic heterocycles. The Bertz CT molecular complexity index is 705. The van der Waals surface area contributed by atoms with Gasteiger partial charge in [-0.05, 0) is 26.0 Å². The van der Waals surface area contributed by atoms with Crippen molar-refractivity contribution in [3.8, 4) is 5.75 Å². The summed E-state index contributed by atoms with van der Waals surface area (Å²) in [7, 11) is -3.78. The highest BCUT2D eigenvalue weighted by Crippen LogP contribution is 2.29. The van der Waals surface area contributed by atoms with Gasteiger partial charge in [-0.15, -0.1) is 0 Å². The molecule has 1 heterocycles. The average molecular weight is 302 g/mol. The van der Waals surface area contributed by atoms with Gasteiger partial charge < -0.3 is 5.11 Å². The van der Waals surface area contributed by atoms with Crippen LogP contribution in [0.25, 0.3) is 0 Å². The zero-order valence-corrected chi connectivity index (χ0v) is 11.8. The van der Waals surface area contributed by atoms with Crippen molar-refractivity contribution in [2.75, 3.05) is 4.72 Å². The SMILES string of the molecule is Cc1n[nH]c(C)c1S(=O)(=O)Nc1ccc(O)cc1Cl. The van der Waals surface area contributed by atoms with E-state index in [1.807, 2.05) is 0 Å². The molecule has 0 atom stereocenters. The molecule has 1 aromatic carbocycles. The number of aromatic nitrogens is 2. The topological polar surface area (TPSA) is 95.1 Å². The second-order valence-electron chi connectivity index (χ2n) is 4.03. The molecule has 0 bridgehead atoms. The third-order valence-electron chi connectivity index (χ3n) is 2.53. The molecule has 0 saturated carbocycles. The lowest BCUT2D eigenvalue weighted by Gasteiger charge is -2.09. The fourth-order valence-electron chi connectivity index (χ4n) is 1.72. The Labute approximate surface area is 115 Å². The van der Waals surface area contributed by atoms with E-state index in [2.05, 4.69) is 14.9 Å². The van der Waals surface area contributed by atoms with Gasteiger partial charge in [0.1, 0.15) is 10.6 Å². The molecule has 2 aromatic rings. The van der Waals surface area contributed by atoms with Crippen LogP contribution in [0, 0.1) is 13.8 Å². The van der Waals surface area contributed by atoms with Gasteiger partial charge in [-0.1, -0.05) is 11.6 Å². The fourth-order valence-corrected chi connectivity index (χ4v) is 3.45. The second kappa shape index (κ2) is 4.75. The van der Waals surface area contributed by atoms with Crippen molar-refractivity contribution in [3.05, 3.63) is 34.6 Å². The van der Waals surface area contributed by atoms with Crippen molar-refractivity contribution in [3.63, 3.8) is 0 Å². The van der Waals surface area contributed by atoms with E-state index in [-0.39, 0.29) is 21.4 Å². The highest BCUT2D eigenvalue weighted by atomic mass is 35.5. The molecule has 0 aliphatic heterocycles. The largest absolute Gasteiger partial charge is 0.508 e. The number of phenolic OH excluding ortho intramolecular Hbond substituents is 1. The van der Waals surface area contributed by atoms with Crippen LogP contribution in [0.2, 0.25) is 5.02 Å². The Morgan fingerprint density at radius 1 is 1.37 bits per heavy atom. The van der Waals surface area contributed by atoms with Gasteiger partial charge in [0.25, 0.3) is 10.0 Å². The molecule has 8 heteroatoms. The molecule has 0 saturated heterocycles. The van der Waals surface area contributed by atoms with Gasteiger partial charge in [0.2, 0.25) is 0 Å². The van der Waals surface area contributed by atoms with Crippen LogP contribution in [0.5, 0.6) is 5.75 Å². The lowest BCUT2D eigenvalue weighted by Crippen LogP contribution is -2.14. The minimum absolute atomic E-state index is 0.0383. The number of nitrogens with zero attached hydrogens (tertiary/aromatic N) is 1. The summed E-state index contributed by atoms with van der Waals surface area (Å²) in [6.45, 7) is 3.21. The van der Waals surface area contributed by atoms with Crippen molar-refractivity contribution in [1.29, 1.82) is 0 Å². The molecule has 0 unspecified atom stereocenters. The van der Waals surface area contributed by atoms with E-state index in [0.717, 1.165) is 0 Å². The Hall–Kier alpha value is -1.73. The first kappa shape index (κ1) is 13.7. The van der Waals surface area contributed by atoms with E-state index in [4.69, 9.17) is 11.6 Å². The predicted molar refractivity (Wildman–Crippen MR) is 72.0 cm³/mol. The zero-order chi connectivity index (χ0) is 14.2. The fraction of sp³-hybridized carbons (Fsp3) is 0.182. The van der Waals surface area contributed by atoms with Gasteiger partial charge >= 0.3 is 0 Å². The van der Waals surface area contributed by atoms with E-state index in [9.17, 15) is 13.5 Å². The summed E-state index contributed by atoms with van der Waals surface area (Å²) in [5, 5.41) is 15.8. The third-order valence-corrected chi connectivity index (χ3v) is 4.47. The molecule has 0 spiro atoms. The quantitative estimate of drug-likeness (QED) is 0.757. The van der Waals surface area contributed by atoms with Crippen molar-refractivity contribution in [1.82, 2.24) is 10.2 Å². The molecule has 2 rings (SSSR count). The number of aromatic hydroxyl groups is 1. The number of aryl methyl sites for hydroxylation is 2. The maximum atomic E-state index is 12.2. The first-order valence-electron chi connectivity index (χ1n) is 5.34. The maximum absolute atomic E-state index is 12.2. The molecule has 0 fully saturated rings. The molecule has 19 heavy (non-hydrogen) atoms. The number of H-pyrrole nitrogens is 1. The summed E-state index contributed by atoms with van der Waals surface area (Å²) in [6.07, 6.45) is 0. The number of rotatable bonds is 3. The lowest BCUT2D eigenvalue weighted by molar-refractivity contribution is 0.475. The van der Waals surface area contributed by atoms with Crippen LogP contribution in [-0.2, 0) is 10.0 Å². The van der Waals surface area contributed by atoms with Crippen molar-refractivity contribution in [2.24, 2.45) is 0 Å². The number of halogens is 1. The van der Waals surface area contributed by atoms with Crippen molar-refractivity contribution >= 4 is 27.3 Å². The van der Waals surface area contributed by atoms with E-state index in [1.54, 1.807) is 13.8 Å². The molecule has 6 nitrogen and oxygen atoms in total. The molecule has 102 valence electrons. The Morgan fingerprint density at radius 2 is 2.05 bits per heavy atom. The Balaban J connectivity index is 2.42. The van der Waals surface area contributed by atoms with Crippen molar-refractivity contribution in [2.45, 2.75) is 18.7 Å². The number of hydrogen-bond acceptors (Lipinski definition) is 4. The minimum Gasteiger partial charge on any atom is -0.508 e. The van der Waals surface area contributed by atoms with Gasteiger partial charge in [-0.3, -0.25) is 9.82 Å². The third kappa shape index (κ3) is 2.66. The molecule has 0 aliphatic rings. The smallest absolute Gasteiger partial charge is 0.265 e. The molecule has 0 aliphatic carbocycles. The summed E-state index contributed by atoms with van der Waals surface area (Å²) in [4.78, 5) is 0.0941.